The third kappa shape index (κ3) is 4.08. The van der Waals surface area contributed by atoms with Crippen molar-refractivity contribution < 1.29 is 18.0 Å². The van der Waals surface area contributed by atoms with Crippen LogP contribution in [-0.4, -0.2) is 39.0 Å². The van der Waals surface area contributed by atoms with E-state index < -0.39 is 17.6 Å². The number of hydrogen-bond acceptors (Lipinski definition) is 4. The van der Waals surface area contributed by atoms with Crippen molar-refractivity contribution >= 4 is 18.3 Å². The Morgan fingerprint density at radius 2 is 1.85 bits per heavy atom. The van der Waals surface area contributed by atoms with Crippen LogP contribution in [0.3, 0.4) is 0 Å². The van der Waals surface area contributed by atoms with Gasteiger partial charge in [0.15, 0.2) is 5.69 Å². The van der Waals surface area contributed by atoms with Crippen LogP contribution >= 0.6 is 12.4 Å². The smallest absolute Gasteiger partial charge is 0.348 e. The summed E-state index contributed by atoms with van der Waals surface area (Å²) < 4.78 is 40.4. The van der Waals surface area contributed by atoms with Crippen molar-refractivity contribution in [3.05, 3.63) is 41.7 Å². The molecule has 2 atom stereocenters. The van der Waals surface area contributed by atoms with Crippen LogP contribution in [0.15, 0.2) is 30.5 Å². The van der Waals surface area contributed by atoms with Gasteiger partial charge < -0.3 is 10.6 Å². The molecular weight excluding hydrogens is 383 g/mol. The third-order valence-corrected chi connectivity index (χ3v) is 4.99. The minimum atomic E-state index is -4.51. The number of carbonyl (C=O) groups excluding carboxylic acids is 1. The van der Waals surface area contributed by atoms with Gasteiger partial charge in [-0.25, -0.2) is 4.68 Å². The summed E-state index contributed by atoms with van der Waals surface area (Å²) in [6, 6.07) is 5.96. The first-order valence-electron chi connectivity index (χ1n) is 8.56. The molecule has 2 aliphatic rings. The molecule has 1 aromatic carbocycles. The van der Waals surface area contributed by atoms with E-state index >= 15 is 0 Å². The highest BCUT2D eigenvalue weighted by Gasteiger charge is 2.35. The van der Waals surface area contributed by atoms with Crippen molar-refractivity contribution in [2.75, 3.05) is 0 Å². The highest BCUT2D eigenvalue weighted by atomic mass is 35.5. The van der Waals surface area contributed by atoms with E-state index in [0.717, 1.165) is 36.4 Å². The van der Waals surface area contributed by atoms with E-state index in [2.05, 4.69) is 20.9 Å². The Balaban J connectivity index is 0.00000210. The maximum Gasteiger partial charge on any atom is 0.418 e. The van der Waals surface area contributed by atoms with E-state index in [1.807, 2.05) is 0 Å². The fraction of sp³-hybridized carbons (Fsp3) is 0.471. The second-order valence-electron chi connectivity index (χ2n) is 6.84. The number of benzene rings is 1. The summed E-state index contributed by atoms with van der Waals surface area (Å²) in [4.78, 5) is 12.4. The molecule has 2 aromatic rings. The van der Waals surface area contributed by atoms with Crippen molar-refractivity contribution in [3.8, 4) is 5.69 Å². The van der Waals surface area contributed by atoms with Gasteiger partial charge in [0.25, 0.3) is 5.91 Å². The molecule has 6 nitrogen and oxygen atoms in total. The van der Waals surface area contributed by atoms with Crippen LogP contribution in [0, 0.1) is 0 Å². The van der Waals surface area contributed by atoms with Crippen LogP contribution < -0.4 is 10.6 Å². The van der Waals surface area contributed by atoms with Crippen LogP contribution in [0.4, 0.5) is 13.2 Å². The van der Waals surface area contributed by atoms with Gasteiger partial charge in [-0.1, -0.05) is 17.3 Å². The zero-order chi connectivity index (χ0) is 18.3. The molecule has 2 saturated heterocycles. The quantitative estimate of drug-likeness (QED) is 0.829. The Morgan fingerprint density at radius 3 is 2.52 bits per heavy atom. The van der Waals surface area contributed by atoms with E-state index in [9.17, 15) is 18.0 Å². The molecule has 1 aromatic heterocycles. The summed E-state index contributed by atoms with van der Waals surface area (Å²) in [5, 5.41) is 13.9. The summed E-state index contributed by atoms with van der Waals surface area (Å²) in [7, 11) is 0. The molecule has 2 unspecified atom stereocenters. The number of hydrogen-bond donors (Lipinski definition) is 2. The van der Waals surface area contributed by atoms with Crippen LogP contribution in [-0.2, 0) is 6.18 Å². The van der Waals surface area contributed by atoms with E-state index in [1.165, 1.54) is 24.4 Å². The second-order valence-corrected chi connectivity index (χ2v) is 6.84. The molecule has 0 saturated carbocycles. The van der Waals surface area contributed by atoms with E-state index in [0.29, 0.717) is 12.1 Å². The van der Waals surface area contributed by atoms with Crippen molar-refractivity contribution in [2.45, 2.75) is 50.0 Å². The predicted octanol–water partition coefficient (Wildman–Crippen LogP) is 2.72. The molecule has 2 N–H and O–H groups in total. The maximum atomic E-state index is 13.1. The molecule has 0 spiro atoms. The third-order valence-electron chi connectivity index (χ3n) is 4.99. The largest absolute Gasteiger partial charge is 0.418 e. The fourth-order valence-corrected chi connectivity index (χ4v) is 3.83. The summed E-state index contributed by atoms with van der Waals surface area (Å²) >= 11 is 0. The number of nitrogens with one attached hydrogen (secondary N) is 2. The Morgan fingerprint density at radius 1 is 1.19 bits per heavy atom. The number of rotatable bonds is 3. The molecule has 3 heterocycles. The molecule has 0 aliphatic carbocycles. The maximum absolute atomic E-state index is 13.1. The normalized spacial score (nSPS) is 24.3. The van der Waals surface area contributed by atoms with Gasteiger partial charge in [0.1, 0.15) is 0 Å². The van der Waals surface area contributed by atoms with Crippen LogP contribution in [0.2, 0.25) is 0 Å². The zero-order valence-corrected chi connectivity index (χ0v) is 15.1. The first kappa shape index (κ1) is 19.6. The number of aromatic nitrogens is 3. The summed E-state index contributed by atoms with van der Waals surface area (Å²) in [6.07, 6.45) is 0.651. The van der Waals surface area contributed by atoms with Gasteiger partial charge in [-0.15, -0.1) is 17.5 Å². The number of amides is 1. The monoisotopic (exact) mass is 401 g/mol. The molecule has 146 valence electrons. The molecule has 0 radical (unpaired) electrons. The minimum Gasteiger partial charge on any atom is -0.348 e. The SMILES string of the molecule is Cl.O=C(NC1CC2CCC(C1)N2)c1cn(-c2ccccc2C(F)(F)F)nn1. The standard InChI is InChI=1S/C17H18F3N5O.ClH/c18-17(19,20)13-3-1-2-4-15(13)25-9-14(23-24-25)16(26)22-12-7-10-5-6-11(8-12)21-10;/h1-4,9-12,21H,5-8H2,(H,22,26);1H. The second kappa shape index (κ2) is 7.47. The first-order valence-corrected chi connectivity index (χ1v) is 8.56. The first-order chi connectivity index (χ1) is 12.4. The molecular formula is C17H19ClF3N5O. The van der Waals surface area contributed by atoms with Gasteiger partial charge in [0.2, 0.25) is 0 Å². The van der Waals surface area contributed by atoms with Crippen molar-refractivity contribution in [1.82, 2.24) is 25.6 Å². The van der Waals surface area contributed by atoms with Crippen LogP contribution in [0.5, 0.6) is 0 Å². The Bertz CT molecular complexity index is 813. The highest BCUT2D eigenvalue weighted by molar-refractivity contribution is 5.92. The predicted molar refractivity (Wildman–Crippen MR) is 94.0 cm³/mol. The summed E-state index contributed by atoms with van der Waals surface area (Å²) in [6.45, 7) is 0. The van der Waals surface area contributed by atoms with Crippen LogP contribution in [0.25, 0.3) is 5.69 Å². The molecule has 4 rings (SSSR count). The summed E-state index contributed by atoms with van der Waals surface area (Å²) in [5.41, 5.74) is -0.980. The van der Waals surface area contributed by atoms with E-state index in [1.54, 1.807) is 0 Å². The van der Waals surface area contributed by atoms with Gasteiger partial charge in [0, 0.05) is 18.1 Å². The highest BCUT2D eigenvalue weighted by Crippen LogP contribution is 2.33. The zero-order valence-electron chi connectivity index (χ0n) is 14.2. The Hall–Kier alpha value is -2.13. The summed E-state index contributed by atoms with van der Waals surface area (Å²) in [5.74, 6) is -0.410. The number of alkyl halides is 3. The van der Waals surface area contributed by atoms with Gasteiger partial charge in [0.05, 0.1) is 17.4 Å². The minimum absolute atomic E-state index is 0. The number of para-hydroxylation sites is 1. The van der Waals surface area contributed by atoms with Crippen molar-refractivity contribution in [1.29, 1.82) is 0 Å². The fourth-order valence-electron chi connectivity index (χ4n) is 3.83. The van der Waals surface area contributed by atoms with Crippen molar-refractivity contribution in [3.63, 3.8) is 0 Å². The van der Waals surface area contributed by atoms with E-state index in [-0.39, 0.29) is 29.8 Å². The Labute approximate surface area is 159 Å². The molecule has 1 amide bonds. The number of piperidine rings is 1. The topological polar surface area (TPSA) is 71.8 Å². The lowest BCUT2D eigenvalue weighted by Crippen LogP contribution is -2.48. The Kier molecular flexibility index (Phi) is 5.43. The van der Waals surface area contributed by atoms with Gasteiger partial charge in [-0.2, -0.15) is 13.2 Å². The molecule has 27 heavy (non-hydrogen) atoms. The molecule has 10 heteroatoms. The number of fused-ring (bicyclic) bond motifs is 2. The van der Waals surface area contributed by atoms with Gasteiger partial charge in [-0.3, -0.25) is 4.79 Å². The van der Waals surface area contributed by atoms with Crippen LogP contribution in [0.1, 0.15) is 41.7 Å². The average Bonchev–Trinajstić information content (AvgIpc) is 3.21. The number of carbonyl (C=O) groups is 1. The molecule has 2 aliphatic heterocycles. The van der Waals surface area contributed by atoms with Gasteiger partial charge in [-0.05, 0) is 37.8 Å². The molecule has 2 bridgehead atoms. The molecule has 2 fully saturated rings. The van der Waals surface area contributed by atoms with Crippen molar-refractivity contribution in [2.24, 2.45) is 0 Å². The van der Waals surface area contributed by atoms with Gasteiger partial charge >= 0.3 is 6.18 Å². The lowest BCUT2D eigenvalue weighted by Gasteiger charge is -2.29. The number of nitrogens with zero attached hydrogens (tertiary/aromatic N) is 3. The number of halogens is 4. The van der Waals surface area contributed by atoms with E-state index in [4.69, 9.17) is 0 Å². The average molecular weight is 402 g/mol. The lowest BCUT2D eigenvalue weighted by molar-refractivity contribution is -0.137. The lowest BCUT2D eigenvalue weighted by atomic mass is 10.00.